The van der Waals surface area contributed by atoms with E-state index in [9.17, 15) is 0 Å². The predicted octanol–water partition coefficient (Wildman–Crippen LogP) is 0. The van der Waals surface area contributed by atoms with Crippen LogP contribution in [-0.2, 0) is 0 Å². The molecule has 0 bridgehead atoms. The summed E-state index contributed by atoms with van der Waals surface area (Å²) in [5.74, 6) is 0. The average molecular weight is 2940 g/mol. The quantitative estimate of drug-likeness (QED) is 0.321. The van der Waals surface area contributed by atoms with Crippen molar-refractivity contribution in [3.05, 3.63) is 0 Å². The molecule has 0 aliphatic rings. The van der Waals surface area contributed by atoms with E-state index in [0.717, 1.165) is 0 Å². The maximum absolute atomic E-state index is 0. The Kier molecular flexibility index (Phi) is 0. The summed E-state index contributed by atoms with van der Waals surface area (Å²) < 4.78 is 0. The van der Waals surface area contributed by atoms with Gasteiger partial charge in [-0.2, -0.15) is 0 Å². The topological polar surface area (TPSA) is 0 Å². The molecule has 0 unspecified atom stereocenters. The summed E-state index contributed by atoms with van der Waals surface area (Å²) in [5.41, 5.74) is 0. The normalized spacial score (nSPS) is 0. The molecule has 0 saturated carbocycles. The Labute approximate surface area is 0 Å². The minimum atomic E-state index is 0. The first-order chi connectivity index (χ1) is 0. The van der Waals surface area contributed by atoms with Crippen LogP contribution in [0, 0.1) is 0 Å². The van der Waals surface area contributed by atoms with Crippen LogP contribution in [0.15, 0.2) is 0 Å². The van der Waals surface area contributed by atoms with E-state index in [0.29, 0.717) is 0 Å². The molecule has 0 aliphatic carbocycles. The number of hydrogen-bond donors (Lipinski definition) is 0. The van der Waals surface area contributed by atoms with Crippen molar-refractivity contribution in [1.29, 1.82) is 0 Å². The average Bonchev–Trinajstić information content (AvgIpc) is 0. The maximum Gasteiger partial charge on any atom is 0 e. The molecule has 0 amide bonds. The van der Waals surface area contributed by atoms with Crippen LogP contribution in [0.1, 0.15) is 0 Å². The van der Waals surface area contributed by atoms with Gasteiger partial charge in [0.1, 0.15) is 0 Å². The van der Waals surface area contributed by atoms with Crippen molar-refractivity contribution in [2.75, 3.05) is 0 Å². The first-order valence-electron chi connectivity index (χ1n) is 0. The first kappa shape index (κ1) is 0. The Morgan fingerprint density at radius 1 is 0.0909 bits per heavy atom. The minimum absolute atomic E-state index is 0. The van der Waals surface area contributed by atoms with Crippen molar-refractivity contribution in [2.45, 2.75) is 0 Å². The van der Waals surface area contributed by atoms with Crippen molar-refractivity contribution in [1.82, 2.24) is 0 Å². The molecule has 0 heterocycles. The van der Waals surface area contributed by atoms with E-state index in [1.807, 2.05) is 0 Å². The van der Waals surface area contributed by atoms with Gasteiger partial charge in [-0.05, 0) is 0 Å². The van der Waals surface area contributed by atoms with E-state index in [1.165, 1.54) is 0 Å². The summed E-state index contributed by atoms with van der Waals surface area (Å²) in [5, 5.41) is 0. The Balaban J connectivity index is 0. The van der Waals surface area contributed by atoms with Gasteiger partial charge in [-0.15, -0.1) is 0 Å². The van der Waals surface area contributed by atoms with Crippen molar-refractivity contribution in [2.24, 2.45) is 0 Å². The molecular weight excluding hydrogens is 2940 g/mol. The minimum Gasteiger partial charge on any atom is 0 e. The molecule has 11 heavy (non-hydrogen) atoms. The van der Waals surface area contributed by atoms with Gasteiger partial charge >= 0.3 is 0 Å². The van der Waals surface area contributed by atoms with E-state index in [2.05, 4.69) is 0 Å². The fraction of sp³-hybridized carbons (Fsp3) is 0. The van der Waals surface area contributed by atoms with Gasteiger partial charge in [-0.1, -0.05) is 0 Å². The Morgan fingerprint density at radius 2 is 0.0909 bits per heavy atom. The van der Waals surface area contributed by atoms with Crippen LogP contribution < -0.4 is 0 Å². The summed E-state index contributed by atoms with van der Waals surface area (Å²) in [6.45, 7) is 0. The van der Waals surface area contributed by atoms with Gasteiger partial charge in [0, 0.05) is 0 Å². The van der Waals surface area contributed by atoms with Gasteiger partial charge in [0.15, 0.2) is 0 Å². The molecule has 11 heteroatoms. The molecule has 0 aromatic heterocycles. The first-order valence-corrected chi connectivity index (χ1v) is 0. The third-order valence-corrected chi connectivity index (χ3v) is 0. The van der Waals surface area contributed by atoms with E-state index >= 15 is 0 Å². The summed E-state index contributed by atoms with van der Waals surface area (Å²) in [6, 6.07) is 0. The summed E-state index contributed by atoms with van der Waals surface area (Å²) in [4.78, 5) is 0. The fourth-order valence-corrected chi connectivity index (χ4v) is 0. The van der Waals surface area contributed by atoms with Crippen LogP contribution in [0.3, 0.4) is 0 Å². The molecule has 0 aliphatic heterocycles. The van der Waals surface area contributed by atoms with E-state index in [-0.39, 0.29) is 0 Å². The molecule has 0 rings (SSSR count). The molecule has 0 fully saturated rings. The third kappa shape index (κ3) is -0.0744. The molecule has 0 saturated heterocycles. The molecule has 22 valence electrons. The van der Waals surface area contributed by atoms with Crippen molar-refractivity contribution >= 4 is 0 Å². The van der Waals surface area contributed by atoms with Crippen molar-refractivity contribution < 1.29 is 0 Å². The SMILES string of the molecule is [Rf].[Rf].[Rf].[Rf].[Rf].[Rf].[Rf].[Rf].[Rf].[Rf].[Rf]. The largest absolute Gasteiger partial charge is 0 e. The standard InChI is InChI=1S/11Rf. The van der Waals surface area contributed by atoms with E-state index in [1.54, 1.807) is 0 Å². The molecule has 0 atom stereocenters. The zero-order chi connectivity index (χ0) is 0. The van der Waals surface area contributed by atoms with Crippen LogP contribution in [-0.4, -0.2) is 0 Å². The van der Waals surface area contributed by atoms with Crippen LogP contribution in [0.5, 0.6) is 0 Å². The maximum atomic E-state index is 0. The monoisotopic (exact) mass is 2940 g/mol. The number of hydrogen-bond acceptors (Lipinski definition) is 0. The smallest absolute Gasteiger partial charge is 0 e. The summed E-state index contributed by atoms with van der Waals surface area (Å²) >= 11 is 0. The van der Waals surface area contributed by atoms with Crippen molar-refractivity contribution in [3.8, 4) is 0 Å². The zero-order valence-corrected chi connectivity index (χ0v) is 78.2. The Bertz CT molecular complexity index is 0. The van der Waals surface area contributed by atoms with E-state index < -0.39 is 0 Å². The molecular formula is Rf11. The second kappa shape index (κ2) is -0.0331. The Hall–Kier alpha value is -11.0. The van der Waals surface area contributed by atoms with Crippen LogP contribution in [0.4, 0.5) is 0 Å². The van der Waals surface area contributed by atoms with Gasteiger partial charge in [0.2, 0.25) is 0 Å². The van der Waals surface area contributed by atoms with Crippen LogP contribution in [0.25, 0.3) is 0 Å². The molecule has 0 spiro atoms. The third-order valence-electron chi connectivity index (χ3n) is 0. The second-order valence-corrected chi connectivity index (χ2v) is 0. The number of rotatable bonds is 0. The second-order valence-electron chi connectivity index (χ2n) is 0. The Morgan fingerprint density at radius 3 is 0.0909 bits per heavy atom. The summed E-state index contributed by atoms with van der Waals surface area (Å²) in [6.07, 6.45) is 0. The predicted molar refractivity (Wildman–Crippen MR) is 0 cm³/mol. The molecule has 0 aromatic carbocycles. The van der Waals surface area contributed by atoms with Crippen LogP contribution in [0.2, 0.25) is 0 Å². The van der Waals surface area contributed by atoms with Gasteiger partial charge in [0.25, 0.3) is 0 Å². The van der Waals surface area contributed by atoms with Gasteiger partial charge < -0.3 is 0 Å². The van der Waals surface area contributed by atoms with Gasteiger partial charge in [-0.25, -0.2) is 0 Å². The fourth-order valence-electron chi connectivity index (χ4n) is 0. The molecule has 0 nitrogen and oxygen atoms in total. The summed E-state index contributed by atoms with van der Waals surface area (Å²) in [7, 11) is 0. The van der Waals surface area contributed by atoms with E-state index in [4.69, 9.17) is 0 Å². The zero-order valence-electron chi connectivity index (χ0n) is 7.78. The molecule has 0 radical (unpaired) electrons. The van der Waals surface area contributed by atoms with Gasteiger partial charge in [-0.3, -0.25) is 0 Å². The van der Waals surface area contributed by atoms with Crippen molar-refractivity contribution in [3.63, 3.8) is 0 Å². The molecule has 0 N–H and O–H groups in total. The van der Waals surface area contributed by atoms with Crippen LogP contribution >= 0.6 is 0 Å². The molecule has 0 aromatic rings. The van der Waals surface area contributed by atoms with Gasteiger partial charge in [0.05, 0.1) is 0 Å².